The van der Waals surface area contributed by atoms with Crippen molar-refractivity contribution in [3.8, 4) is 0 Å². The molecule has 0 fully saturated rings. The highest BCUT2D eigenvalue weighted by atomic mass is 32.2. The van der Waals surface area contributed by atoms with E-state index in [4.69, 9.17) is 10.6 Å². The second-order valence-corrected chi connectivity index (χ2v) is 5.94. The lowest BCUT2D eigenvalue weighted by atomic mass is 10.2. The van der Waals surface area contributed by atoms with E-state index >= 15 is 0 Å². The maximum atomic E-state index is 11.7. The summed E-state index contributed by atoms with van der Waals surface area (Å²) in [4.78, 5) is 20.0. The van der Waals surface area contributed by atoms with Gasteiger partial charge in [0.2, 0.25) is 0 Å². The molecule has 1 aromatic heterocycles. The number of carbonyl (C=O) groups is 1. The lowest BCUT2D eigenvalue weighted by Crippen LogP contribution is -2.42. The number of hydrogen-bond acceptors (Lipinski definition) is 6. The first kappa shape index (κ1) is 15.7. The molecular weight excluding hydrogens is 264 g/mol. The van der Waals surface area contributed by atoms with Gasteiger partial charge in [-0.25, -0.2) is 15.6 Å². The first-order valence-electron chi connectivity index (χ1n) is 5.91. The number of hydrazine groups is 1. The van der Waals surface area contributed by atoms with E-state index in [-0.39, 0.29) is 5.82 Å². The van der Waals surface area contributed by atoms with Crippen molar-refractivity contribution in [2.45, 2.75) is 32.8 Å². The van der Waals surface area contributed by atoms with Crippen molar-refractivity contribution in [3.63, 3.8) is 0 Å². The zero-order valence-electron chi connectivity index (χ0n) is 11.7. The first-order valence-corrected chi connectivity index (χ1v) is 7.30. The molecular formula is C12H20N4O2S. The van der Waals surface area contributed by atoms with Crippen molar-refractivity contribution in [3.05, 3.63) is 18.1 Å². The maximum absolute atomic E-state index is 11.7. The number of anilines is 1. The molecule has 6 nitrogen and oxygen atoms in total. The van der Waals surface area contributed by atoms with Crippen LogP contribution in [0.25, 0.3) is 0 Å². The Morgan fingerprint density at radius 1 is 1.42 bits per heavy atom. The largest absolute Gasteiger partial charge is 0.442 e. The fourth-order valence-electron chi connectivity index (χ4n) is 1.21. The molecule has 2 N–H and O–H groups in total. The van der Waals surface area contributed by atoms with Crippen molar-refractivity contribution in [2.24, 2.45) is 5.84 Å². The number of aryl methyl sites for hydroxylation is 1. The van der Waals surface area contributed by atoms with Gasteiger partial charge in [-0.1, -0.05) is 0 Å². The predicted molar refractivity (Wildman–Crippen MR) is 77.0 cm³/mol. The number of carbonyl (C=O) groups excluding carboxylic acids is 1. The molecule has 0 unspecified atom stereocenters. The van der Waals surface area contributed by atoms with E-state index in [1.807, 2.05) is 6.26 Å². The van der Waals surface area contributed by atoms with Gasteiger partial charge < -0.3 is 4.74 Å². The summed E-state index contributed by atoms with van der Waals surface area (Å²) in [5, 5.41) is 0.858. The first-order chi connectivity index (χ1) is 8.83. The zero-order chi connectivity index (χ0) is 14.5. The quantitative estimate of drug-likeness (QED) is 0.517. The summed E-state index contributed by atoms with van der Waals surface area (Å²) < 4.78 is 5.14. The van der Waals surface area contributed by atoms with Crippen LogP contribution < -0.4 is 10.9 Å². The van der Waals surface area contributed by atoms with Crippen molar-refractivity contribution >= 4 is 23.7 Å². The van der Waals surface area contributed by atoms with Gasteiger partial charge in [0.25, 0.3) is 0 Å². The van der Waals surface area contributed by atoms with Crippen LogP contribution in [0.1, 0.15) is 26.5 Å². The lowest BCUT2D eigenvalue weighted by molar-refractivity contribution is 0.0578. The lowest BCUT2D eigenvalue weighted by Gasteiger charge is -2.23. The van der Waals surface area contributed by atoms with E-state index in [0.717, 1.165) is 22.9 Å². The van der Waals surface area contributed by atoms with Crippen LogP contribution in [0.3, 0.4) is 0 Å². The third-order valence-electron chi connectivity index (χ3n) is 2.09. The minimum absolute atomic E-state index is 0.266. The molecule has 0 aromatic carbocycles. The minimum Gasteiger partial charge on any atom is -0.442 e. The van der Waals surface area contributed by atoms with Crippen molar-refractivity contribution < 1.29 is 9.53 Å². The molecule has 0 saturated heterocycles. The van der Waals surface area contributed by atoms with Gasteiger partial charge in [-0.3, -0.25) is 4.98 Å². The molecule has 0 saturated carbocycles. The molecule has 7 heteroatoms. The van der Waals surface area contributed by atoms with E-state index < -0.39 is 11.7 Å². The molecule has 0 bridgehead atoms. The fraction of sp³-hybridized carbons (Fsp3) is 0.583. The van der Waals surface area contributed by atoms with Crippen LogP contribution in [0, 0.1) is 0 Å². The Morgan fingerprint density at radius 2 is 2.11 bits per heavy atom. The summed E-state index contributed by atoms with van der Waals surface area (Å²) in [5.41, 5.74) is 0.274. The van der Waals surface area contributed by atoms with Gasteiger partial charge >= 0.3 is 6.09 Å². The molecule has 0 aliphatic rings. The smallest absolute Gasteiger partial charge is 0.430 e. The third-order valence-corrected chi connectivity index (χ3v) is 2.70. The van der Waals surface area contributed by atoms with Gasteiger partial charge in [0.1, 0.15) is 5.60 Å². The Bertz CT molecular complexity index is 417. The molecule has 0 radical (unpaired) electrons. The number of aromatic nitrogens is 2. The monoisotopic (exact) mass is 284 g/mol. The molecule has 0 atom stereocenters. The van der Waals surface area contributed by atoms with Gasteiger partial charge in [-0.15, -0.1) is 0 Å². The molecule has 0 aliphatic carbocycles. The Kier molecular flexibility index (Phi) is 5.56. The van der Waals surface area contributed by atoms with Crippen LogP contribution in [0.15, 0.2) is 12.4 Å². The number of rotatable bonds is 4. The summed E-state index contributed by atoms with van der Waals surface area (Å²) in [6.45, 7) is 5.32. The Hall–Kier alpha value is -1.34. The Morgan fingerprint density at radius 3 is 2.58 bits per heavy atom. The average molecular weight is 284 g/mol. The van der Waals surface area contributed by atoms with Crippen molar-refractivity contribution in [1.82, 2.24) is 9.97 Å². The molecule has 1 rings (SSSR count). The highest BCUT2D eigenvalue weighted by Gasteiger charge is 2.22. The standard InChI is InChI=1S/C12H20N4O2S/c1-12(2,3)18-11(17)16(13)10-8-14-9(7-15-10)5-6-19-4/h7-8H,5-6,13H2,1-4H3. The molecule has 19 heavy (non-hydrogen) atoms. The fourth-order valence-corrected chi connectivity index (χ4v) is 1.63. The van der Waals surface area contributed by atoms with E-state index in [2.05, 4.69) is 9.97 Å². The SMILES string of the molecule is CSCCc1cnc(N(N)C(=O)OC(C)(C)C)cn1. The molecule has 1 amide bonds. The average Bonchev–Trinajstić information content (AvgIpc) is 2.34. The summed E-state index contributed by atoms with van der Waals surface area (Å²) >= 11 is 1.74. The summed E-state index contributed by atoms with van der Waals surface area (Å²) in [5.74, 6) is 6.89. The number of hydrogen-bond donors (Lipinski definition) is 1. The number of thioether (sulfide) groups is 1. The summed E-state index contributed by atoms with van der Waals surface area (Å²) in [6, 6.07) is 0. The summed E-state index contributed by atoms with van der Waals surface area (Å²) in [6.07, 6.45) is 5.31. The van der Waals surface area contributed by atoms with Crippen LogP contribution in [0.5, 0.6) is 0 Å². The third kappa shape index (κ3) is 5.44. The highest BCUT2D eigenvalue weighted by molar-refractivity contribution is 7.98. The molecule has 0 aliphatic heterocycles. The van der Waals surface area contributed by atoms with E-state index in [1.54, 1.807) is 38.7 Å². The van der Waals surface area contributed by atoms with Gasteiger partial charge in [0, 0.05) is 6.42 Å². The minimum atomic E-state index is -0.654. The Balaban J connectivity index is 2.67. The topological polar surface area (TPSA) is 81.3 Å². The van der Waals surface area contributed by atoms with Crippen LogP contribution in [0.2, 0.25) is 0 Å². The van der Waals surface area contributed by atoms with Crippen molar-refractivity contribution in [1.29, 1.82) is 0 Å². The normalized spacial score (nSPS) is 11.2. The molecule has 1 aromatic rings. The van der Waals surface area contributed by atoms with E-state index in [1.165, 1.54) is 6.20 Å². The van der Waals surface area contributed by atoms with Crippen LogP contribution >= 0.6 is 11.8 Å². The number of amides is 1. The summed E-state index contributed by atoms with van der Waals surface area (Å²) in [7, 11) is 0. The van der Waals surface area contributed by atoms with Gasteiger partial charge in [0.05, 0.1) is 18.1 Å². The van der Waals surface area contributed by atoms with Crippen LogP contribution in [0.4, 0.5) is 10.6 Å². The van der Waals surface area contributed by atoms with E-state index in [0.29, 0.717) is 0 Å². The maximum Gasteiger partial charge on any atom is 0.430 e. The Labute approximate surface area is 117 Å². The predicted octanol–water partition coefficient (Wildman–Crippen LogP) is 2.00. The van der Waals surface area contributed by atoms with Crippen LogP contribution in [-0.4, -0.2) is 33.7 Å². The second kappa shape index (κ2) is 6.72. The van der Waals surface area contributed by atoms with Gasteiger partial charge in [-0.05, 0) is 32.8 Å². The van der Waals surface area contributed by atoms with Gasteiger partial charge in [0.15, 0.2) is 5.82 Å². The van der Waals surface area contributed by atoms with Crippen LogP contribution in [-0.2, 0) is 11.2 Å². The molecule has 1 heterocycles. The number of nitrogens with zero attached hydrogens (tertiary/aromatic N) is 3. The highest BCUT2D eigenvalue weighted by Crippen LogP contribution is 2.12. The van der Waals surface area contributed by atoms with E-state index in [9.17, 15) is 4.79 Å². The van der Waals surface area contributed by atoms with Crippen molar-refractivity contribution in [2.75, 3.05) is 17.0 Å². The zero-order valence-corrected chi connectivity index (χ0v) is 12.5. The number of ether oxygens (including phenoxy) is 1. The van der Waals surface area contributed by atoms with Gasteiger partial charge in [-0.2, -0.15) is 16.8 Å². The molecule has 106 valence electrons. The molecule has 0 spiro atoms. The second-order valence-electron chi connectivity index (χ2n) is 4.96. The number of nitrogens with two attached hydrogens (primary N) is 1.